The topological polar surface area (TPSA) is 85.9 Å². The van der Waals surface area contributed by atoms with E-state index in [-0.39, 0.29) is 17.6 Å². The maximum absolute atomic E-state index is 11.3. The highest BCUT2D eigenvalue weighted by atomic mass is 16.8. The summed E-state index contributed by atoms with van der Waals surface area (Å²) in [5.41, 5.74) is 9.46. The molecular weight excluding hydrogens is 462 g/mol. The molecule has 0 spiro atoms. The van der Waals surface area contributed by atoms with Crippen molar-refractivity contribution in [3.63, 3.8) is 0 Å². The molecule has 210 valence electrons. The molecule has 1 heterocycles. The predicted octanol–water partition coefficient (Wildman–Crippen LogP) is 6.87. The minimum Gasteiger partial charge on any atom is -0.350 e. The van der Waals surface area contributed by atoms with Crippen LogP contribution < -0.4 is 11.2 Å². The quantitative estimate of drug-likeness (QED) is 0.378. The number of nitrogens with zero attached hydrogens (tertiary/aromatic N) is 1. The van der Waals surface area contributed by atoms with Gasteiger partial charge in [-0.15, -0.1) is 0 Å². The first-order chi connectivity index (χ1) is 17.4. The summed E-state index contributed by atoms with van der Waals surface area (Å²) in [4.78, 5) is 11.3. The highest BCUT2D eigenvalue weighted by molar-refractivity contribution is 5.87. The van der Waals surface area contributed by atoms with Crippen LogP contribution in [0.15, 0.2) is 5.10 Å². The van der Waals surface area contributed by atoms with Gasteiger partial charge < -0.3 is 15.2 Å². The Morgan fingerprint density at radius 2 is 1.68 bits per heavy atom. The monoisotopic (exact) mass is 515 g/mol. The van der Waals surface area contributed by atoms with Crippen molar-refractivity contribution >= 4 is 11.7 Å². The molecule has 2 amide bonds. The lowest BCUT2D eigenvalue weighted by Gasteiger charge is -2.63. The summed E-state index contributed by atoms with van der Waals surface area (Å²) in [6, 6.07) is -0.593. The van der Waals surface area contributed by atoms with E-state index in [1.807, 2.05) is 0 Å². The van der Waals surface area contributed by atoms with Crippen LogP contribution in [0.3, 0.4) is 0 Å². The van der Waals surface area contributed by atoms with Crippen molar-refractivity contribution in [3.8, 4) is 0 Å². The number of hydrazone groups is 1. The first-order valence-corrected chi connectivity index (χ1v) is 15.3. The Labute approximate surface area is 225 Å². The molecule has 1 aliphatic heterocycles. The SMILES string of the molecule is CC(C)CCC[C@@H](C)[C@H]1CC[C@H]2[C@@H]3[C@H]4OC(C)(C)O[C@@H]4[C@H]4C/C(=N/NC(N)=O)CC[C@]4(C)[C@H]3CC[C@]12C. The Morgan fingerprint density at radius 3 is 2.38 bits per heavy atom. The number of hydrogen-bond donors (Lipinski definition) is 2. The van der Waals surface area contributed by atoms with Crippen molar-refractivity contribution in [1.29, 1.82) is 0 Å². The molecule has 1 saturated heterocycles. The first-order valence-electron chi connectivity index (χ1n) is 15.3. The van der Waals surface area contributed by atoms with Gasteiger partial charge in [0.25, 0.3) is 0 Å². The van der Waals surface area contributed by atoms with Crippen LogP contribution in [0.2, 0.25) is 0 Å². The number of ether oxygens (including phenoxy) is 2. The number of hydrogen-bond acceptors (Lipinski definition) is 4. The number of nitrogens with one attached hydrogen (secondary N) is 1. The van der Waals surface area contributed by atoms with E-state index in [1.54, 1.807) is 0 Å². The van der Waals surface area contributed by atoms with Crippen LogP contribution in [0.1, 0.15) is 113 Å². The van der Waals surface area contributed by atoms with Crippen molar-refractivity contribution < 1.29 is 14.3 Å². The molecule has 37 heavy (non-hydrogen) atoms. The van der Waals surface area contributed by atoms with E-state index in [1.165, 1.54) is 44.9 Å². The number of amides is 2. The van der Waals surface area contributed by atoms with Gasteiger partial charge in [-0.2, -0.15) is 5.10 Å². The zero-order chi connectivity index (χ0) is 26.8. The van der Waals surface area contributed by atoms with Crippen molar-refractivity contribution in [1.82, 2.24) is 5.43 Å². The third-order valence-electron chi connectivity index (χ3n) is 11.9. The second-order valence-corrected chi connectivity index (χ2v) is 14.9. The summed E-state index contributed by atoms with van der Waals surface area (Å²) in [6.45, 7) is 16.6. The van der Waals surface area contributed by atoms with Crippen LogP contribution >= 0.6 is 0 Å². The van der Waals surface area contributed by atoms with Gasteiger partial charge in [0.1, 0.15) is 0 Å². The minimum absolute atomic E-state index is 0.0881. The fourth-order valence-electron chi connectivity index (χ4n) is 10.2. The van der Waals surface area contributed by atoms with E-state index >= 15 is 0 Å². The first kappa shape index (κ1) is 27.4. The molecule has 5 aliphatic rings. The van der Waals surface area contributed by atoms with Crippen LogP contribution in [-0.2, 0) is 9.47 Å². The molecule has 5 fully saturated rings. The Bertz CT molecular complexity index is 902. The molecule has 0 radical (unpaired) electrons. The van der Waals surface area contributed by atoms with Gasteiger partial charge in [-0.1, -0.05) is 53.9 Å². The van der Waals surface area contributed by atoms with Gasteiger partial charge in [0, 0.05) is 5.71 Å². The van der Waals surface area contributed by atoms with Gasteiger partial charge in [0.15, 0.2) is 5.79 Å². The summed E-state index contributed by atoms with van der Waals surface area (Å²) >= 11 is 0. The molecule has 6 heteroatoms. The Hall–Kier alpha value is -1.14. The third-order valence-corrected chi connectivity index (χ3v) is 11.9. The van der Waals surface area contributed by atoms with Crippen molar-refractivity contribution in [2.24, 2.45) is 63.1 Å². The minimum atomic E-state index is -0.593. The Kier molecular flexibility index (Phi) is 7.26. The van der Waals surface area contributed by atoms with Crippen LogP contribution in [-0.4, -0.2) is 29.7 Å². The fraction of sp³-hybridized carbons (Fsp3) is 0.935. The molecule has 0 aromatic heterocycles. The number of fused-ring (bicyclic) bond motifs is 8. The van der Waals surface area contributed by atoms with Gasteiger partial charge in [-0.3, -0.25) is 0 Å². The van der Waals surface area contributed by atoms with E-state index in [4.69, 9.17) is 15.2 Å². The molecule has 0 aromatic carbocycles. The fourth-order valence-corrected chi connectivity index (χ4v) is 10.2. The number of urea groups is 1. The Balaban J connectivity index is 1.42. The summed E-state index contributed by atoms with van der Waals surface area (Å²) < 4.78 is 13.6. The molecule has 0 bridgehead atoms. The summed E-state index contributed by atoms with van der Waals surface area (Å²) in [7, 11) is 0. The third kappa shape index (κ3) is 4.77. The van der Waals surface area contributed by atoms with Crippen LogP contribution in [0, 0.1) is 52.3 Å². The number of carbonyl (C=O) groups excluding carboxylic acids is 1. The summed E-state index contributed by atoms with van der Waals surface area (Å²) in [5, 5.41) is 4.38. The average Bonchev–Trinajstić information content (AvgIpc) is 3.33. The molecule has 4 saturated carbocycles. The van der Waals surface area contributed by atoms with Crippen LogP contribution in [0.4, 0.5) is 4.79 Å². The van der Waals surface area contributed by atoms with Gasteiger partial charge in [0.05, 0.1) is 12.2 Å². The van der Waals surface area contributed by atoms with Crippen molar-refractivity contribution in [2.75, 3.05) is 0 Å². The summed E-state index contributed by atoms with van der Waals surface area (Å²) in [6.07, 6.45) is 12.6. The van der Waals surface area contributed by atoms with Gasteiger partial charge in [-0.05, 0) is 111 Å². The lowest BCUT2D eigenvalue weighted by atomic mass is 9.43. The second kappa shape index (κ2) is 9.80. The lowest BCUT2D eigenvalue weighted by Crippen LogP contribution is -2.63. The van der Waals surface area contributed by atoms with Crippen molar-refractivity contribution in [3.05, 3.63) is 0 Å². The van der Waals surface area contributed by atoms with E-state index in [9.17, 15) is 4.79 Å². The van der Waals surface area contributed by atoms with E-state index in [0.29, 0.717) is 23.2 Å². The molecule has 4 aliphatic carbocycles. The van der Waals surface area contributed by atoms with Crippen LogP contribution in [0.5, 0.6) is 0 Å². The van der Waals surface area contributed by atoms with E-state index < -0.39 is 11.8 Å². The average molecular weight is 516 g/mol. The maximum Gasteiger partial charge on any atom is 0.332 e. The predicted molar refractivity (Wildman–Crippen MR) is 148 cm³/mol. The highest BCUT2D eigenvalue weighted by Crippen LogP contribution is 2.70. The number of rotatable bonds is 6. The molecule has 6 nitrogen and oxygen atoms in total. The van der Waals surface area contributed by atoms with E-state index in [2.05, 4.69) is 59.0 Å². The molecule has 0 unspecified atom stereocenters. The molecule has 0 aromatic rings. The van der Waals surface area contributed by atoms with Gasteiger partial charge in [0.2, 0.25) is 0 Å². The number of carbonyl (C=O) groups is 1. The van der Waals surface area contributed by atoms with Crippen LogP contribution in [0.25, 0.3) is 0 Å². The zero-order valence-corrected chi connectivity index (χ0v) is 24.5. The lowest BCUT2D eigenvalue weighted by molar-refractivity contribution is -0.174. The zero-order valence-electron chi connectivity index (χ0n) is 24.5. The standard InChI is InChI=1S/C31H53N3O3/c1-18(2)9-8-10-19(3)21-11-12-22-25-23(14-16-30(21,22)6)31(7)15-13-20(33-34-28(32)35)17-24(31)26-27(25)37-29(4,5)36-26/h18-19,21-27H,8-17H2,1-7H3,(H3,32,34,35)/b33-20+/t19-,21-,22+,23+,24-,25+,26-,27-,30-,31-/m1/s1. The number of nitrogens with two attached hydrogens (primary N) is 1. The van der Waals surface area contributed by atoms with Gasteiger partial charge >= 0.3 is 6.03 Å². The highest BCUT2D eigenvalue weighted by Gasteiger charge is 2.68. The smallest absolute Gasteiger partial charge is 0.332 e. The molecular formula is C31H53N3O3. The summed E-state index contributed by atoms with van der Waals surface area (Å²) in [5.74, 6) is 4.19. The maximum atomic E-state index is 11.3. The molecule has 5 rings (SSSR count). The van der Waals surface area contributed by atoms with Crippen molar-refractivity contribution in [2.45, 2.75) is 131 Å². The largest absolute Gasteiger partial charge is 0.350 e. The van der Waals surface area contributed by atoms with E-state index in [0.717, 1.165) is 48.6 Å². The number of primary amides is 1. The Morgan fingerprint density at radius 1 is 0.973 bits per heavy atom. The molecule has 3 N–H and O–H groups in total. The van der Waals surface area contributed by atoms with Gasteiger partial charge in [-0.25, -0.2) is 10.2 Å². The molecule has 10 atom stereocenters. The normalized spacial score (nSPS) is 46.2. The second-order valence-electron chi connectivity index (χ2n) is 14.9.